The van der Waals surface area contributed by atoms with Crippen LogP contribution >= 0.6 is 0 Å². The van der Waals surface area contributed by atoms with E-state index in [0.717, 1.165) is 17.1 Å². The van der Waals surface area contributed by atoms with E-state index in [1.54, 1.807) is 14.2 Å². The molecule has 0 saturated carbocycles. The van der Waals surface area contributed by atoms with E-state index in [1.807, 2.05) is 32.0 Å². The minimum atomic E-state index is 0.0377. The molecule has 2 N–H and O–H groups in total. The van der Waals surface area contributed by atoms with Crippen LogP contribution in [0, 0.1) is 0 Å². The van der Waals surface area contributed by atoms with Crippen LogP contribution in [0.15, 0.2) is 18.2 Å². The first kappa shape index (κ1) is 16.3. The second-order valence-electron chi connectivity index (χ2n) is 4.75. The number of ether oxygens (including phenoxy) is 2. The summed E-state index contributed by atoms with van der Waals surface area (Å²) < 4.78 is 11.0. The van der Waals surface area contributed by atoms with Gasteiger partial charge in [-0.3, -0.25) is 4.79 Å². The van der Waals surface area contributed by atoms with Gasteiger partial charge in [-0.1, -0.05) is 6.07 Å². The van der Waals surface area contributed by atoms with Gasteiger partial charge >= 0.3 is 0 Å². The molecule has 0 unspecified atom stereocenters. The molecule has 0 radical (unpaired) electrons. The van der Waals surface area contributed by atoms with Gasteiger partial charge in [-0.25, -0.2) is 0 Å². The zero-order valence-corrected chi connectivity index (χ0v) is 12.7. The van der Waals surface area contributed by atoms with Gasteiger partial charge in [-0.2, -0.15) is 0 Å². The molecule has 0 bridgehead atoms. The molecule has 1 amide bonds. The lowest BCUT2D eigenvalue weighted by molar-refractivity contribution is -0.120. The summed E-state index contributed by atoms with van der Waals surface area (Å²) >= 11 is 0. The number of hydrogen-bond acceptors (Lipinski definition) is 4. The number of carbonyl (C=O) groups is 1. The van der Waals surface area contributed by atoms with E-state index in [4.69, 9.17) is 9.47 Å². The van der Waals surface area contributed by atoms with Crippen LogP contribution in [0.3, 0.4) is 0 Å². The minimum absolute atomic E-state index is 0.0377. The predicted octanol–water partition coefficient (Wildman–Crippen LogP) is 1.71. The minimum Gasteiger partial charge on any atom is -0.493 e. The van der Waals surface area contributed by atoms with Crippen LogP contribution in [-0.2, 0) is 11.3 Å². The van der Waals surface area contributed by atoms with Crippen LogP contribution in [0.5, 0.6) is 11.5 Å². The molecule has 0 fully saturated rings. The van der Waals surface area contributed by atoms with Gasteiger partial charge in [0.1, 0.15) is 0 Å². The van der Waals surface area contributed by atoms with Gasteiger partial charge in [-0.15, -0.1) is 0 Å². The van der Waals surface area contributed by atoms with Crippen molar-refractivity contribution in [3.63, 3.8) is 0 Å². The number of carbonyl (C=O) groups excluding carboxylic acids is 1. The Labute approximate surface area is 120 Å². The third-order valence-electron chi connectivity index (χ3n) is 2.73. The first-order valence-corrected chi connectivity index (χ1v) is 6.81. The number of nitrogens with one attached hydrogen (secondary N) is 2. The summed E-state index contributed by atoms with van der Waals surface area (Å²) in [6.07, 6.45) is 0.586. The Morgan fingerprint density at radius 2 is 2.05 bits per heavy atom. The van der Waals surface area contributed by atoms with Crippen molar-refractivity contribution in [2.24, 2.45) is 0 Å². The van der Waals surface area contributed by atoms with Crippen molar-refractivity contribution in [2.75, 3.05) is 20.7 Å². The summed E-state index contributed by atoms with van der Waals surface area (Å²) in [4.78, 5) is 11.1. The van der Waals surface area contributed by atoms with Gasteiger partial charge in [0, 0.05) is 26.6 Å². The molecule has 1 rings (SSSR count). The Balaban J connectivity index is 2.53. The van der Waals surface area contributed by atoms with Crippen molar-refractivity contribution in [2.45, 2.75) is 32.9 Å². The van der Waals surface area contributed by atoms with Crippen LogP contribution in [0.25, 0.3) is 0 Å². The lowest BCUT2D eigenvalue weighted by Gasteiger charge is -2.14. The maximum absolute atomic E-state index is 11.1. The molecule has 112 valence electrons. The molecule has 0 aliphatic carbocycles. The molecular formula is C15H24N2O3. The highest BCUT2D eigenvalue weighted by Crippen LogP contribution is 2.28. The predicted molar refractivity (Wildman–Crippen MR) is 79.1 cm³/mol. The standard InChI is InChI=1S/C15H24N2O3/c1-11(2)20-13-6-5-12(9-14(13)19-4)10-17-8-7-15(18)16-3/h5-6,9,11,17H,7-8,10H2,1-4H3,(H,16,18). The molecule has 0 saturated heterocycles. The summed E-state index contributed by atoms with van der Waals surface area (Å²) in [5.41, 5.74) is 1.09. The third kappa shape index (κ3) is 5.48. The Morgan fingerprint density at radius 1 is 1.30 bits per heavy atom. The first-order chi connectivity index (χ1) is 9.56. The number of amides is 1. The van der Waals surface area contributed by atoms with E-state index in [2.05, 4.69) is 10.6 Å². The molecular weight excluding hydrogens is 256 g/mol. The van der Waals surface area contributed by atoms with E-state index in [-0.39, 0.29) is 12.0 Å². The van der Waals surface area contributed by atoms with Gasteiger partial charge in [0.15, 0.2) is 11.5 Å². The molecule has 0 aromatic heterocycles. The molecule has 0 aliphatic rings. The zero-order valence-electron chi connectivity index (χ0n) is 12.7. The fourth-order valence-electron chi connectivity index (χ4n) is 1.73. The molecule has 0 spiro atoms. The van der Waals surface area contributed by atoms with Crippen molar-refractivity contribution in [1.82, 2.24) is 10.6 Å². The molecule has 0 heterocycles. The van der Waals surface area contributed by atoms with Crippen molar-refractivity contribution in [3.8, 4) is 11.5 Å². The van der Waals surface area contributed by atoms with Gasteiger partial charge in [0.05, 0.1) is 13.2 Å². The third-order valence-corrected chi connectivity index (χ3v) is 2.73. The molecule has 20 heavy (non-hydrogen) atoms. The number of hydrogen-bond donors (Lipinski definition) is 2. The maximum Gasteiger partial charge on any atom is 0.221 e. The highest BCUT2D eigenvalue weighted by atomic mass is 16.5. The largest absolute Gasteiger partial charge is 0.493 e. The van der Waals surface area contributed by atoms with Crippen LogP contribution in [0.4, 0.5) is 0 Å². The Bertz CT molecular complexity index is 433. The SMILES string of the molecule is CNC(=O)CCNCc1ccc(OC(C)C)c(OC)c1. The lowest BCUT2D eigenvalue weighted by atomic mass is 10.2. The van der Waals surface area contributed by atoms with Crippen molar-refractivity contribution < 1.29 is 14.3 Å². The second kappa shape index (κ2) is 8.43. The van der Waals surface area contributed by atoms with E-state index in [9.17, 15) is 4.79 Å². The lowest BCUT2D eigenvalue weighted by Crippen LogP contribution is -2.24. The van der Waals surface area contributed by atoms with E-state index >= 15 is 0 Å². The summed E-state index contributed by atoms with van der Waals surface area (Å²) in [6, 6.07) is 5.85. The van der Waals surface area contributed by atoms with Gasteiger partial charge in [0.25, 0.3) is 0 Å². The fourth-order valence-corrected chi connectivity index (χ4v) is 1.73. The fraction of sp³-hybridized carbons (Fsp3) is 0.533. The molecule has 5 heteroatoms. The van der Waals surface area contributed by atoms with Crippen LogP contribution < -0.4 is 20.1 Å². The van der Waals surface area contributed by atoms with Crippen LogP contribution in [-0.4, -0.2) is 32.7 Å². The second-order valence-corrected chi connectivity index (χ2v) is 4.75. The van der Waals surface area contributed by atoms with Crippen molar-refractivity contribution >= 4 is 5.91 Å². The molecule has 0 atom stereocenters. The number of rotatable bonds is 8. The normalized spacial score (nSPS) is 10.4. The Morgan fingerprint density at radius 3 is 2.65 bits per heavy atom. The van der Waals surface area contributed by atoms with Gasteiger partial charge in [-0.05, 0) is 31.5 Å². The average molecular weight is 280 g/mol. The van der Waals surface area contributed by atoms with E-state index in [1.165, 1.54) is 0 Å². The molecule has 1 aromatic rings. The van der Waals surface area contributed by atoms with Crippen LogP contribution in [0.2, 0.25) is 0 Å². The van der Waals surface area contributed by atoms with Crippen LogP contribution in [0.1, 0.15) is 25.8 Å². The Hall–Kier alpha value is -1.75. The number of benzene rings is 1. The Kier molecular flexibility index (Phi) is 6.87. The van der Waals surface area contributed by atoms with E-state index < -0.39 is 0 Å². The van der Waals surface area contributed by atoms with Crippen molar-refractivity contribution in [1.29, 1.82) is 0 Å². The molecule has 0 aliphatic heterocycles. The highest BCUT2D eigenvalue weighted by Gasteiger charge is 2.07. The molecule has 1 aromatic carbocycles. The van der Waals surface area contributed by atoms with Gasteiger partial charge in [0.2, 0.25) is 5.91 Å². The highest BCUT2D eigenvalue weighted by molar-refractivity contribution is 5.75. The van der Waals surface area contributed by atoms with Gasteiger partial charge < -0.3 is 20.1 Å². The average Bonchev–Trinajstić information content (AvgIpc) is 2.43. The summed E-state index contributed by atoms with van der Waals surface area (Å²) in [6.45, 7) is 5.29. The quantitative estimate of drug-likeness (QED) is 0.712. The monoisotopic (exact) mass is 280 g/mol. The maximum atomic E-state index is 11.1. The van der Waals surface area contributed by atoms with E-state index in [0.29, 0.717) is 19.5 Å². The topological polar surface area (TPSA) is 59.6 Å². The summed E-state index contributed by atoms with van der Waals surface area (Å²) in [5, 5.41) is 5.81. The zero-order chi connectivity index (χ0) is 15.0. The van der Waals surface area contributed by atoms with Crippen molar-refractivity contribution in [3.05, 3.63) is 23.8 Å². The smallest absolute Gasteiger partial charge is 0.221 e. The first-order valence-electron chi connectivity index (χ1n) is 6.81. The summed E-state index contributed by atoms with van der Waals surface area (Å²) in [7, 11) is 3.27. The summed E-state index contributed by atoms with van der Waals surface area (Å²) in [5.74, 6) is 1.51. The number of methoxy groups -OCH3 is 1. The molecule has 5 nitrogen and oxygen atoms in total.